The average molecular weight is 265 g/mol. The van der Waals surface area contributed by atoms with E-state index in [-0.39, 0.29) is 0 Å². The third kappa shape index (κ3) is 3.11. The fourth-order valence-corrected chi connectivity index (χ4v) is 19.8. The van der Waals surface area contributed by atoms with Crippen LogP contribution in [0.25, 0.3) is 0 Å². The quantitative estimate of drug-likeness (QED) is 0.630. The minimum Gasteiger partial charge on any atom is -0.0710 e. The zero-order chi connectivity index (χ0) is 12.9. The van der Waals surface area contributed by atoms with Gasteiger partial charge in [-0.05, 0) is 6.04 Å². The topological polar surface area (TPSA) is 0 Å². The lowest BCUT2D eigenvalue weighted by atomic mass is 10.2. The maximum atomic E-state index is 2.64. The van der Waals surface area contributed by atoms with Crippen LogP contribution < -0.4 is 0 Å². The Labute approximate surface area is 109 Å². The summed E-state index contributed by atoms with van der Waals surface area (Å²) in [5.41, 5.74) is 1.57. The van der Waals surface area contributed by atoms with Crippen LogP contribution in [0.2, 0.25) is 31.2 Å². The molecular formula is C15H28Si2. The summed E-state index contributed by atoms with van der Waals surface area (Å²) in [6, 6.07) is 16.9. The van der Waals surface area contributed by atoms with Crippen molar-refractivity contribution in [2.45, 2.75) is 58.0 Å². The normalized spacial score (nSPS) is 12.8. The second-order valence-corrected chi connectivity index (χ2v) is 21.9. The van der Waals surface area contributed by atoms with Gasteiger partial charge in [-0.15, -0.1) is 0 Å². The summed E-state index contributed by atoms with van der Waals surface area (Å²) < 4.78 is 0. The van der Waals surface area contributed by atoms with E-state index in [1.165, 1.54) is 24.2 Å². The van der Waals surface area contributed by atoms with E-state index >= 15 is 0 Å². The monoisotopic (exact) mass is 264 g/mol. The van der Waals surface area contributed by atoms with Crippen LogP contribution in [-0.4, -0.2) is 15.2 Å². The van der Waals surface area contributed by atoms with Gasteiger partial charge in [0.25, 0.3) is 0 Å². The van der Waals surface area contributed by atoms with Crippen molar-refractivity contribution in [1.82, 2.24) is 0 Å². The van der Waals surface area contributed by atoms with E-state index in [1.54, 1.807) is 5.56 Å². The molecule has 0 aromatic heterocycles. The molecule has 0 saturated carbocycles. The van der Waals surface area contributed by atoms with Gasteiger partial charge in [-0.25, -0.2) is 0 Å². The first-order valence-corrected chi connectivity index (χ1v) is 13.9. The van der Waals surface area contributed by atoms with Crippen molar-refractivity contribution in [3.8, 4) is 0 Å². The minimum atomic E-state index is -1.08. The first kappa shape index (κ1) is 14.7. The molecule has 0 radical (unpaired) electrons. The summed E-state index contributed by atoms with van der Waals surface area (Å²) >= 11 is 0. The van der Waals surface area contributed by atoms with Gasteiger partial charge in [0.2, 0.25) is 0 Å². The average Bonchev–Trinajstić information content (AvgIpc) is 2.32. The molecule has 0 spiro atoms. The van der Waals surface area contributed by atoms with Gasteiger partial charge in [0.1, 0.15) is 0 Å². The van der Waals surface area contributed by atoms with Crippen LogP contribution in [-0.2, 0) is 6.04 Å². The molecule has 0 aliphatic carbocycles. The zero-order valence-corrected chi connectivity index (χ0v) is 14.2. The van der Waals surface area contributed by atoms with Crippen LogP contribution in [0.15, 0.2) is 30.3 Å². The zero-order valence-electron chi connectivity index (χ0n) is 12.2. The van der Waals surface area contributed by atoms with Crippen LogP contribution in [0.1, 0.15) is 26.3 Å². The van der Waals surface area contributed by atoms with Gasteiger partial charge in [0.15, 0.2) is 0 Å². The lowest BCUT2D eigenvalue weighted by molar-refractivity contribution is 1.18. The first-order chi connectivity index (χ1) is 8.01. The van der Waals surface area contributed by atoms with Gasteiger partial charge >= 0.3 is 0 Å². The molecule has 1 rings (SSSR count). The highest BCUT2D eigenvalue weighted by molar-refractivity contribution is 7.41. The van der Waals surface area contributed by atoms with Crippen molar-refractivity contribution in [3.05, 3.63) is 35.9 Å². The van der Waals surface area contributed by atoms with Crippen molar-refractivity contribution in [1.29, 1.82) is 0 Å². The minimum absolute atomic E-state index is 0.989. The molecule has 0 nitrogen and oxygen atoms in total. The van der Waals surface area contributed by atoms with Gasteiger partial charge in [0.05, 0.1) is 0 Å². The van der Waals surface area contributed by atoms with Crippen LogP contribution in [0.3, 0.4) is 0 Å². The Bertz CT molecular complexity index is 318. The Hall–Kier alpha value is -0.346. The molecule has 17 heavy (non-hydrogen) atoms. The van der Waals surface area contributed by atoms with Crippen molar-refractivity contribution < 1.29 is 0 Å². The highest BCUT2D eigenvalue weighted by Gasteiger charge is 2.43. The maximum absolute atomic E-state index is 2.64. The Kier molecular flexibility index (Phi) is 5.20. The molecule has 0 N–H and O–H groups in total. The van der Waals surface area contributed by atoms with Gasteiger partial charge < -0.3 is 0 Å². The SMILES string of the molecule is CC[Si](CC)(CC)[Si](C)(C)Cc1ccccc1. The molecule has 0 aliphatic heterocycles. The number of hydrogen-bond donors (Lipinski definition) is 0. The predicted octanol–water partition coefficient (Wildman–Crippen LogP) is 5.06. The molecular weight excluding hydrogens is 236 g/mol. The number of rotatable bonds is 6. The predicted molar refractivity (Wildman–Crippen MR) is 84.8 cm³/mol. The van der Waals surface area contributed by atoms with E-state index in [1.807, 2.05) is 0 Å². The molecule has 2 heteroatoms. The van der Waals surface area contributed by atoms with Gasteiger partial charge in [-0.2, -0.15) is 0 Å². The van der Waals surface area contributed by atoms with Crippen molar-refractivity contribution in [2.75, 3.05) is 0 Å². The van der Waals surface area contributed by atoms with E-state index in [2.05, 4.69) is 64.2 Å². The molecule has 0 aliphatic rings. The van der Waals surface area contributed by atoms with E-state index in [4.69, 9.17) is 0 Å². The van der Waals surface area contributed by atoms with Crippen molar-refractivity contribution in [2.24, 2.45) is 0 Å². The van der Waals surface area contributed by atoms with E-state index in [9.17, 15) is 0 Å². The molecule has 0 saturated heterocycles. The molecule has 0 fully saturated rings. The highest BCUT2D eigenvalue weighted by atomic mass is 29.3. The summed E-state index contributed by atoms with van der Waals surface area (Å²) in [6.07, 6.45) is 0. The van der Waals surface area contributed by atoms with E-state index in [0.717, 1.165) is 0 Å². The molecule has 1 aromatic rings. The Morgan fingerprint density at radius 1 is 0.824 bits per heavy atom. The molecule has 96 valence electrons. The second kappa shape index (κ2) is 6.01. The van der Waals surface area contributed by atoms with E-state index in [0.29, 0.717) is 0 Å². The fourth-order valence-electron chi connectivity index (χ4n) is 3.48. The van der Waals surface area contributed by atoms with Crippen LogP contribution in [0.4, 0.5) is 0 Å². The number of benzene rings is 1. The molecule has 0 heterocycles. The standard InChI is InChI=1S/C15H28Si2/c1-6-17(7-2,8-3)16(4,5)14-15-12-10-9-11-13-15/h9-13H,6-8,14H2,1-5H3. The Balaban J connectivity index is 2.93. The second-order valence-electron chi connectivity index (χ2n) is 5.89. The summed E-state index contributed by atoms with van der Waals surface area (Å²) in [4.78, 5) is 0. The van der Waals surface area contributed by atoms with Crippen molar-refractivity contribution >= 4 is 15.2 Å². The van der Waals surface area contributed by atoms with Crippen LogP contribution in [0, 0.1) is 0 Å². The summed E-state index contributed by atoms with van der Waals surface area (Å²) in [7, 11) is -2.07. The smallest absolute Gasteiger partial charge is 0.0468 e. The van der Waals surface area contributed by atoms with E-state index < -0.39 is 15.2 Å². The third-order valence-electron chi connectivity index (χ3n) is 4.95. The maximum Gasteiger partial charge on any atom is 0.0468 e. The highest BCUT2D eigenvalue weighted by Crippen LogP contribution is 2.33. The molecule has 0 unspecified atom stereocenters. The molecule has 0 atom stereocenters. The summed E-state index contributed by atoms with van der Waals surface area (Å²) in [5, 5.41) is 0. The van der Waals surface area contributed by atoms with Gasteiger partial charge in [-0.3, -0.25) is 0 Å². The number of hydrogen-bond acceptors (Lipinski definition) is 0. The third-order valence-corrected chi connectivity index (χ3v) is 25.5. The van der Waals surface area contributed by atoms with Gasteiger partial charge in [0, 0.05) is 15.2 Å². The molecule has 1 aromatic carbocycles. The lowest BCUT2D eigenvalue weighted by Gasteiger charge is -2.43. The van der Waals surface area contributed by atoms with Crippen molar-refractivity contribution in [3.63, 3.8) is 0 Å². The summed E-state index contributed by atoms with van der Waals surface area (Å²) in [5.74, 6) is 0. The Morgan fingerprint density at radius 3 is 1.71 bits per heavy atom. The van der Waals surface area contributed by atoms with Crippen LogP contribution >= 0.6 is 0 Å². The molecule has 0 bridgehead atoms. The molecule has 0 amide bonds. The van der Waals surface area contributed by atoms with Gasteiger partial charge in [-0.1, -0.05) is 87.9 Å². The fraction of sp³-hybridized carbons (Fsp3) is 0.600. The summed E-state index contributed by atoms with van der Waals surface area (Å²) in [6.45, 7) is 12.6. The first-order valence-electron chi connectivity index (χ1n) is 7.05. The lowest BCUT2D eigenvalue weighted by Crippen LogP contribution is -2.59. The Morgan fingerprint density at radius 2 is 1.29 bits per heavy atom. The van der Waals surface area contributed by atoms with Crippen LogP contribution in [0.5, 0.6) is 0 Å². The largest absolute Gasteiger partial charge is 0.0710 e.